The first kappa shape index (κ1) is 25.4. The van der Waals surface area contributed by atoms with Gasteiger partial charge in [0.15, 0.2) is 0 Å². The van der Waals surface area contributed by atoms with Gasteiger partial charge in [-0.05, 0) is 20.3 Å². The van der Waals surface area contributed by atoms with Gasteiger partial charge in [-0.2, -0.15) is 0 Å². The second-order valence-electron chi connectivity index (χ2n) is 7.55. The van der Waals surface area contributed by atoms with Crippen molar-refractivity contribution in [2.24, 2.45) is 0 Å². The van der Waals surface area contributed by atoms with E-state index >= 15 is 0 Å². The van der Waals surface area contributed by atoms with Crippen LogP contribution in [0.1, 0.15) is 111 Å². The molecule has 0 aromatic rings. The molecule has 0 radical (unpaired) electrons. The summed E-state index contributed by atoms with van der Waals surface area (Å²) in [5.74, 6) is 0. The molecule has 0 aromatic heterocycles. The predicted molar refractivity (Wildman–Crippen MR) is 113 cm³/mol. The van der Waals surface area contributed by atoms with Crippen molar-refractivity contribution in [3.05, 3.63) is 12.7 Å². The Morgan fingerprint density at radius 3 is 1.52 bits per heavy atom. The molecule has 0 rings (SSSR count). The summed E-state index contributed by atoms with van der Waals surface area (Å²) in [6, 6.07) is 0. The molecule has 140 valence electrons. The summed E-state index contributed by atoms with van der Waals surface area (Å²) in [6.45, 7) is 11.6. The molecule has 23 heavy (non-hydrogen) atoms. The van der Waals surface area contributed by atoms with E-state index < -0.39 is 0 Å². The highest BCUT2D eigenvalue weighted by molar-refractivity contribution is 8.93. The third-order valence-corrected chi connectivity index (χ3v) is 4.63. The lowest BCUT2D eigenvalue weighted by Gasteiger charge is -2.25. The third-order valence-electron chi connectivity index (χ3n) is 4.63. The highest BCUT2D eigenvalue weighted by atomic mass is 79.9. The minimum absolute atomic E-state index is 0. The van der Waals surface area contributed by atoms with Gasteiger partial charge in [-0.25, -0.2) is 0 Å². The molecular weight excluding hydrogens is 346 g/mol. The van der Waals surface area contributed by atoms with Gasteiger partial charge in [0.2, 0.25) is 0 Å². The normalized spacial score (nSPS) is 11.3. The third kappa shape index (κ3) is 20.1. The van der Waals surface area contributed by atoms with E-state index in [-0.39, 0.29) is 22.5 Å². The number of halogens is 1. The average molecular weight is 390 g/mol. The minimum atomic E-state index is 0. The molecule has 0 aromatic carbocycles. The van der Waals surface area contributed by atoms with Crippen LogP contribution in [0.4, 0.5) is 0 Å². The van der Waals surface area contributed by atoms with Crippen LogP contribution >= 0.6 is 17.0 Å². The Morgan fingerprint density at radius 2 is 1.13 bits per heavy atom. The topological polar surface area (TPSA) is 12.0 Å². The SMILES string of the molecule is Br.C=CCNC(C)(C)CCCCCCCCCCCCCCC. The van der Waals surface area contributed by atoms with E-state index in [9.17, 15) is 0 Å². The van der Waals surface area contributed by atoms with E-state index in [1.807, 2.05) is 6.08 Å². The fourth-order valence-corrected chi connectivity index (χ4v) is 3.02. The molecule has 0 aliphatic heterocycles. The van der Waals surface area contributed by atoms with Crippen molar-refractivity contribution in [3.63, 3.8) is 0 Å². The molecule has 0 saturated heterocycles. The van der Waals surface area contributed by atoms with Crippen molar-refractivity contribution >= 4 is 17.0 Å². The van der Waals surface area contributed by atoms with E-state index in [4.69, 9.17) is 0 Å². The van der Waals surface area contributed by atoms with Crippen molar-refractivity contribution in [3.8, 4) is 0 Å². The number of hydrogen-bond donors (Lipinski definition) is 1. The molecule has 1 nitrogen and oxygen atoms in total. The zero-order valence-electron chi connectivity index (χ0n) is 16.3. The summed E-state index contributed by atoms with van der Waals surface area (Å²) >= 11 is 0. The monoisotopic (exact) mass is 389 g/mol. The molecule has 0 fully saturated rings. The Balaban J connectivity index is 0. The van der Waals surface area contributed by atoms with Crippen molar-refractivity contribution in [2.45, 2.75) is 116 Å². The molecule has 0 bridgehead atoms. The van der Waals surface area contributed by atoms with Crippen LogP contribution in [0.25, 0.3) is 0 Å². The maximum atomic E-state index is 3.77. The second-order valence-corrected chi connectivity index (χ2v) is 7.55. The smallest absolute Gasteiger partial charge is 0.0137 e. The van der Waals surface area contributed by atoms with E-state index in [1.165, 1.54) is 89.9 Å². The summed E-state index contributed by atoms with van der Waals surface area (Å²) in [6.07, 6.45) is 21.9. The zero-order chi connectivity index (χ0) is 16.5. The van der Waals surface area contributed by atoms with E-state index in [2.05, 4.69) is 32.7 Å². The predicted octanol–water partition coefficient (Wildman–Crippen LogP) is 7.60. The van der Waals surface area contributed by atoms with Crippen LogP contribution in [0.2, 0.25) is 0 Å². The highest BCUT2D eigenvalue weighted by Crippen LogP contribution is 2.16. The fourth-order valence-electron chi connectivity index (χ4n) is 3.02. The van der Waals surface area contributed by atoms with Crippen molar-refractivity contribution in [1.82, 2.24) is 5.32 Å². The molecule has 2 heteroatoms. The van der Waals surface area contributed by atoms with Gasteiger partial charge in [0.1, 0.15) is 0 Å². The summed E-state index contributed by atoms with van der Waals surface area (Å²) < 4.78 is 0. The first-order valence-corrected chi connectivity index (χ1v) is 9.98. The van der Waals surface area contributed by atoms with Crippen molar-refractivity contribution in [2.75, 3.05) is 6.54 Å². The van der Waals surface area contributed by atoms with Gasteiger partial charge in [-0.3, -0.25) is 0 Å². The highest BCUT2D eigenvalue weighted by Gasteiger charge is 2.14. The minimum Gasteiger partial charge on any atom is -0.308 e. The number of unbranched alkanes of at least 4 members (excludes halogenated alkanes) is 12. The Kier molecular flexibility index (Phi) is 20.5. The lowest BCUT2D eigenvalue weighted by Crippen LogP contribution is -2.39. The van der Waals surface area contributed by atoms with Gasteiger partial charge >= 0.3 is 0 Å². The van der Waals surface area contributed by atoms with Crippen LogP contribution in [-0.4, -0.2) is 12.1 Å². The molecule has 0 unspecified atom stereocenters. The first-order chi connectivity index (χ1) is 10.6. The lowest BCUT2D eigenvalue weighted by atomic mass is 9.96. The number of hydrogen-bond acceptors (Lipinski definition) is 1. The van der Waals surface area contributed by atoms with Crippen LogP contribution < -0.4 is 5.32 Å². The Morgan fingerprint density at radius 1 is 0.739 bits per heavy atom. The summed E-state index contributed by atoms with van der Waals surface area (Å²) in [5.41, 5.74) is 0.270. The van der Waals surface area contributed by atoms with Crippen LogP contribution in [0, 0.1) is 0 Å². The Hall–Kier alpha value is 0.180. The van der Waals surface area contributed by atoms with E-state index in [1.54, 1.807) is 0 Å². The lowest BCUT2D eigenvalue weighted by molar-refractivity contribution is 0.361. The zero-order valence-corrected chi connectivity index (χ0v) is 18.0. The standard InChI is InChI=1S/C21H43N.BrH/c1-5-7-8-9-10-11-12-13-14-15-16-17-18-19-21(3,4)22-20-6-2;/h6,22H,2,5,7-20H2,1,3-4H3;1H. The largest absolute Gasteiger partial charge is 0.308 e. The molecule has 0 heterocycles. The van der Waals surface area contributed by atoms with Gasteiger partial charge in [-0.15, -0.1) is 23.6 Å². The molecule has 0 aliphatic carbocycles. The molecule has 0 atom stereocenters. The molecule has 0 amide bonds. The average Bonchev–Trinajstić information content (AvgIpc) is 2.50. The van der Waals surface area contributed by atoms with Gasteiger partial charge < -0.3 is 5.32 Å². The summed E-state index contributed by atoms with van der Waals surface area (Å²) in [5, 5.41) is 3.53. The Labute approximate surface area is 157 Å². The van der Waals surface area contributed by atoms with Crippen LogP contribution in [-0.2, 0) is 0 Å². The van der Waals surface area contributed by atoms with Crippen LogP contribution in [0.3, 0.4) is 0 Å². The maximum Gasteiger partial charge on any atom is 0.0137 e. The molecule has 0 aliphatic rings. The molecule has 0 saturated carbocycles. The van der Waals surface area contributed by atoms with E-state index in [0.717, 1.165) is 6.54 Å². The van der Waals surface area contributed by atoms with Gasteiger partial charge in [0.25, 0.3) is 0 Å². The number of nitrogens with one attached hydrogen (secondary N) is 1. The molecule has 0 spiro atoms. The first-order valence-electron chi connectivity index (χ1n) is 9.98. The van der Waals surface area contributed by atoms with Crippen molar-refractivity contribution < 1.29 is 0 Å². The van der Waals surface area contributed by atoms with Crippen LogP contribution in [0.5, 0.6) is 0 Å². The van der Waals surface area contributed by atoms with Gasteiger partial charge in [0, 0.05) is 12.1 Å². The van der Waals surface area contributed by atoms with E-state index in [0.29, 0.717) is 0 Å². The van der Waals surface area contributed by atoms with Crippen molar-refractivity contribution in [1.29, 1.82) is 0 Å². The quantitative estimate of drug-likeness (QED) is 0.199. The fraction of sp³-hybridized carbons (Fsp3) is 0.905. The Bertz CT molecular complexity index is 238. The molecular formula is C21H44BrN. The van der Waals surface area contributed by atoms with Gasteiger partial charge in [0.05, 0.1) is 0 Å². The number of rotatable bonds is 17. The second kappa shape index (κ2) is 18.5. The summed E-state index contributed by atoms with van der Waals surface area (Å²) in [4.78, 5) is 0. The van der Waals surface area contributed by atoms with Crippen LogP contribution in [0.15, 0.2) is 12.7 Å². The maximum absolute atomic E-state index is 3.77. The summed E-state index contributed by atoms with van der Waals surface area (Å²) in [7, 11) is 0. The molecule has 1 N–H and O–H groups in total. The van der Waals surface area contributed by atoms with Gasteiger partial charge in [-0.1, -0.05) is 96.5 Å².